The first-order chi connectivity index (χ1) is 9.02. The molecule has 0 amide bonds. The van der Waals surface area contributed by atoms with Gasteiger partial charge in [0.05, 0.1) is 30.2 Å². The number of ether oxygens (including phenoxy) is 1. The monoisotopic (exact) mass is 262 g/mol. The molecule has 0 aromatic carbocycles. The summed E-state index contributed by atoms with van der Waals surface area (Å²) in [5.41, 5.74) is 2.93. The van der Waals surface area contributed by atoms with Gasteiger partial charge in [-0.05, 0) is 18.9 Å². The van der Waals surface area contributed by atoms with Crippen LogP contribution in [0, 0.1) is 12.8 Å². The molecule has 0 saturated heterocycles. The minimum absolute atomic E-state index is 0.279. The first-order valence-electron chi connectivity index (χ1n) is 6.57. The summed E-state index contributed by atoms with van der Waals surface area (Å²) >= 11 is 0. The molecule has 0 fully saturated rings. The number of aryl methyl sites for hydroxylation is 2. The van der Waals surface area contributed by atoms with E-state index >= 15 is 0 Å². The second kappa shape index (κ2) is 5.57. The van der Waals surface area contributed by atoms with Crippen molar-refractivity contribution in [1.29, 1.82) is 0 Å². The summed E-state index contributed by atoms with van der Waals surface area (Å²) in [6.07, 6.45) is 1.86. The highest BCUT2D eigenvalue weighted by Crippen LogP contribution is 2.20. The maximum atomic E-state index is 5.25. The van der Waals surface area contributed by atoms with Crippen molar-refractivity contribution >= 4 is 16.7 Å². The second-order valence-electron chi connectivity index (χ2n) is 5.25. The molecule has 0 saturated carbocycles. The predicted molar refractivity (Wildman–Crippen MR) is 77.4 cm³/mol. The average Bonchev–Trinajstić information content (AvgIpc) is 2.64. The Morgan fingerprint density at radius 1 is 1.42 bits per heavy atom. The van der Waals surface area contributed by atoms with E-state index in [0.29, 0.717) is 12.5 Å². The Morgan fingerprint density at radius 3 is 2.79 bits per heavy atom. The third-order valence-corrected chi connectivity index (χ3v) is 3.37. The summed E-state index contributed by atoms with van der Waals surface area (Å²) in [7, 11) is 3.64. The highest BCUT2D eigenvalue weighted by atomic mass is 16.5. The molecule has 2 aromatic rings. The van der Waals surface area contributed by atoms with Gasteiger partial charge in [-0.15, -0.1) is 0 Å². The molecular formula is C14H22N4O. The quantitative estimate of drug-likeness (QED) is 0.898. The Balaban J connectivity index is 2.27. The van der Waals surface area contributed by atoms with E-state index in [0.717, 1.165) is 22.4 Å². The number of nitrogens with zero attached hydrogens (tertiary/aromatic N) is 3. The van der Waals surface area contributed by atoms with Gasteiger partial charge in [0.2, 0.25) is 0 Å². The minimum atomic E-state index is 0.279. The van der Waals surface area contributed by atoms with E-state index < -0.39 is 0 Å². The molecule has 0 aliphatic carbocycles. The van der Waals surface area contributed by atoms with Crippen LogP contribution < -0.4 is 5.32 Å². The van der Waals surface area contributed by atoms with Crippen molar-refractivity contribution in [2.75, 3.05) is 19.0 Å². The molecule has 1 atom stereocenters. The summed E-state index contributed by atoms with van der Waals surface area (Å²) in [4.78, 5) is 4.47. The molecule has 0 aliphatic heterocycles. The molecule has 2 aromatic heterocycles. The van der Waals surface area contributed by atoms with Gasteiger partial charge in [0.25, 0.3) is 0 Å². The van der Waals surface area contributed by atoms with Gasteiger partial charge in [-0.1, -0.05) is 13.8 Å². The van der Waals surface area contributed by atoms with E-state index in [-0.39, 0.29) is 6.04 Å². The van der Waals surface area contributed by atoms with Crippen LogP contribution >= 0.6 is 0 Å². The van der Waals surface area contributed by atoms with Crippen molar-refractivity contribution in [1.82, 2.24) is 14.8 Å². The molecule has 0 radical (unpaired) electrons. The number of rotatable bonds is 5. The molecule has 0 bridgehead atoms. The molecule has 1 unspecified atom stereocenters. The Kier molecular flexibility index (Phi) is 4.04. The zero-order chi connectivity index (χ0) is 14.0. The zero-order valence-electron chi connectivity index (χ0n) is 12.3. The van der Waals surface area contributed by atoms with Crippen LogP contribution in [-0.4, -0.2) is 34.5 Å². The lowest BCUT2D eigenvalue weighted by atomic mass is 10.1. The van der Waals surface area contributed by atoms with Crippen LogP contribution in [0.1, 0.15) is 19.5 Å². The summed E-state index contributed by atoms with van der Waals surface area (Å²) in [5.74, 6) is 0.491. The van der Waals surface area contributed by atoms with Gasteiger partial charge in [-0.25, -0.2) is 4.98 Å². The van der Waals surface area contributed by atoms with Crippen molar-refractivity contribution in [2.45, 2.75) is 26.8 Å². The van der Waals surface area contributed by atoms with E-state index in [2.05, 4.69) is 35.3 Å². The smallest absolute Gasteiger partial charge is 0.157 e. The normalized spacial score (nSPS) is 13.2. The van der Waals surface area contributed by atoms with Crippen LogP contribution in [0.4, 0.5) is 5.69 Å². The fourth-order valence-electron chi connectivity index (χ4n) is 2.18. The van der Waals surface area contributed by atoms with Gasteiger partial charge >= 0.3 is 0 Å². The summed E-state index contributed by atoms with van der Waals surface area (Å²) < 4.78 is 7.06. The maximum absolute atomic E-state index is 5.25. The number of pyridine rings is 1. The van der Waals surface area contributed by atoms with Crippen LogP contribution in [0.25, 0.3) is 11.0 Å². The molecule has 19 heavy (non-hydrogen) atoms. The lowest BCUT2D eigenvalue weighted by Crippen LogP contribution is -2.30. The number of fused-ring (bicyclic) bond motifs is 1. The Bertz CT molecular complexity index is 562. The van der Waals surface area contributed by atoms with Crippen LogP contribution in [0.15, 0.2) is 12.3 Å². The number of hydrogen-bond acceptors (Lipinski definition) is 4. The Morgan fingerprint density at radius 2 is 2.16 bits per heavy atom. The van der Waals surface area contributed by atoms with Gasteiger partial charge in [0.15, 0.2) is 5.65 Å². The highest BCUT2D eigenvalue weighted by molar-refractivity contribution is 5.81. The third-order valence-electron chi connectivity index (χ3n) is 3.37. The molecule has 5 heteroatoms. The van der Waals surface area contributed by atoms with Gasteiger partial charge in [-0.2, -0.15) is 5.10 Å². The van der Waals surface area contributed by atoms with Crippen LogP contribution in [0.3, 0.4) is 0 Å². The standard InChI is InChI=1S/C14H22N4O/c1-9(2)13(8-19-5)16-11-6-12-10(3)17-18(4)14(12)15-7-11/h6-7,9,13,16H,8H2,1-5H3. The number of hydrogen-bond donors (Lipinski definition) is 1. The van der Waals surface area contributed by atoms with E-state index in [1.807, 2.05) is 24.9 Å². The largest absolute Gasteiger partial charge is 0.383 e. The molecule has 0 spiro atoms. The first-order valence-corrected chi connectivity index (χ1v) is 6.57. The van der Waals surface area contributed by atoms with Crippen molar-refractivity contribution in [3.05, 3.63) is 18.0 Å². The van der Waals surface area contributed by atoms with Crippen molar-refractivity contribution < 1.29 is 4.74 Å². The number of anilines is 1. The van der Waals surface area contributed by atoms with Crippen LogP contribution in [-0.2, 0) is 11.8 Å². The van der Waals surface area contributed by atoms with Crippen molar-refractivity contribution in [3.63, 3.8) is 0 Å². The fourth-order valence-corrected chi connectivity index (χ4v) is 2.18. The molecule has 0 aliphatic rings. The molecule has 1 N–H and O–H groups in total. The van der Waals surface area contributed by atoms with E-state index in [1.54, 1.807) is 7.11 Å². The van der Waals surface area contributed by atoms with Crippen molar-refractivity contribution in [3.8, 4) is 0 Å². The summed E-state index contributed by atoms with van der Waals surface area (Å²) in [6.45, 7) is 7.04. The first kappa shape index (κ1) is 13.8. The van der Waals surface area contributed by atoms with E-state index in [4.69, 9.17) is 4.74 Å². The topological polar surface area (TPSA) is 52.0 Å². The zero-order valence-corrected chi connectivity index (χ0v) is 12.3. The van der Waals surface area contributed by atoms with Gasteiger partial charge < -0.3 is 10.1 Å². The van der Waals surface area contributed by atoms with Gasteiger partial charge in [-0.3, -0.25) is 4.68 Å². The predicted octanol–water partition coefficient (Wildman–Crippen LogP) is 2.36. The lowest BCUT2D eigenvalue weighted by Gasteiger charge is -2.22. The number of nitrogens with one attached hydrogen (secondary N) is 1. The van der Waals surface area contributed by atoms with E-state index in [1.165, 1.54) is 0 Å². The molecule has 2 heterocycles. The second-order valence-corrected chi connectivity index (χ2v) is 5.25. The summed E-state index contributed by atoms with van der Waals surface area (Å²) in [6, 6.07) is 2.39. The van der Waals surface area contributed by atoms with Gasteiger partial charge in [0, 0.05) is 19.5 Å². The lowest BCUT2D eigenvalue weighted by molar-refractivity contribution is 0.171. The minimum Gasteiger partial charge on any atom is -0.383 e. The fraction of sp³-hybridized carbons (Fsp3) is 0.571. The number of methoxy groups -OCH3 is 1. The van der Waals surface area contributed by atoms with Gasteiger partial charge in [0.1, 0.15) is 0 Å². The van der Waals surface area contributed by atoms with Crippen LogP contribution in [0.2, 0.25) is 0 Å². The highest BCUT2D eigenvalue weighted by Gasteiger charge is 2.14. The molecule has 104 valence electrons. The average molecular weight is 262 g/mol. The molecule has 5 nitrogen and oxygen atoms in total. The molecular weight excluding hydrogens is 240 g/mol. The summed E-state index contributed by atoms with van der Waals surface area (Å²) in [5, 5.41) is 8.96. The Hall–Kier alpha value is -1.62. The maximum Gasteiger partial charge on any atom is 0.157 e. The Labute approximate surface area is 114 Å². The number of aromatic nitrogens is 3. The van der Waals surface area contributed by atoms with Crippen LogP contribution in [0.5, 0.6) is 0 Å². The van der Waals surface area contributed by atoms with Crippen molar-refractivity contribution in [2.24, 2.45) is 13.0 Å². The van der Waals surface area contributed by atoms with E-state index in [9.17, 15) is 0 Å². The molecule has 2 rings (SSSR count). The SMILES string of the molecule is COCC(Nc1cnc2c(c1)c(C)nn2C)C(C)C. The third kappa shape index (κ3) is 2.87.